The van der Waals surface area contributed by atoms with Crippen LogP contribution in [0, 0.1) is 0 Å². The molecule has 0 saturated heterocycles. The van der Waals surface area contributed by atoms with Gasteiger partial charge >= 0.3 is 6.18 Å². The maximum Gasteiger partial charge on any atom is 0.411 e. The molecule has 0 heterocycles. The highest BCUT2D eigenvalue weighted by molar-refractivity contribution is 5.94. The number of methoxy groups -OCH3 is 2. The molecule has 1 aromatic rings. The third-order valence-corrected chi connectivity index (χ3v) is 2.49. The van der Waals surface area contributed by atoms with Gasteiger partial charge in [0.1, 0.15) is 24.2 Å². The number of anilines is 1. The third kappa shape index (κ3) is 5.90. The lowest BCUT2D eigenvalue weighted by Gasteiger charge is -2.15. The summed E-state index contributed by atoms with van der Waals surface area (Å²) in [6, 6.07) is 4.62. The molecule has 8 heteroatoms. The Morgan fingerprint density at radius 1 is 1.19 bits per heavy atom. The van der Waals surface area contributed by atoms with Gasteiger partial charge in [-0.05, 0) is 6.92 Å². The summed E-state index contributed by atoms with van der Waals surface area (Å²) in [6.45, 7) is -0.249. The molecule has 5 nitrogen and oxygen atoms in total. The van der Waals surface area contributed by atoms with Gasteiger partial charge < -0.3 is 19.5 Å². The summed E-state index contributed by atoms with van der Waals surface area (Å²) in [4.78, 5) is 11.7. The Hall–Kier alpha value is -1.96. The number of carbonyl (C=O) groups excluding carboxylic acids is 1. The number of hydrogen-bond acceptors (Lipinski definition) is 4. The fourth-order valence-electron chi connectivity index (χ4n) is 1.42. The highest BCUT2D eigenvalue weighted by Crippen LogP contribution is 2.26. The second kappa shape index (κ2) is 7.16. The van der Waals surface area contributed by atoms with E-state index >= 15 is 0 Å². The van der Waals surface area contributed by atoms with Crippen LogP contribution >= 0.6 is 0 Å². The lowest BCUT2D eigenvalue weighted by molar-refractivity contribution is -0.184. The zero-order chi connectivity index (χ0) is 16.0. The average Bonchev–Trinajstić information content (AvgIpc) is 2.43. The van der Waals surface area contributed by atoms with Crippen LogP contribution in [-0.2, 0) is 9.53 Å². The van der Waals surface area contributed by atoms with Gasteiger partial charge in [-0.2, -0.15) is 13.2 Å². The van der Waals surface area contributed by atoms with Crippen LogP contribution in [0.5, 0.6) is 11.5 Å². The van der Waals surface area contributed by atoms with E-state index in [1.165, 1.54) is 33.3 Å². The SMILES string of the molecule is COc1cc(NC(=O)[C@@H](C)OCC(F)(F)F)cc(OC)c1. The maximum atomic E-state index is 12.0. The number of carbonyl (C=O) groups is 1. The topological polar surface area (TPSA) is 56.8 Å². The van der Waals surface area contributed by atoms with Crippen molar-refractivity contribution >= 4 is 11.6 Å². The molecule has 0 saturated carbocycles. The number of ether oxygens (including phenoxy) is 3. The van der Waals surface area contributed by atoms with Crippen molar-refractivity contribution in [3.05, 3.63) is 18.2 Å². The van der Waals surface area contributed by atoms with Gasteiger partial charge in [0.2, 0.25) is 0 Å². The van der Waals surface area contributed by atoms with Gasteiger partial charge in [0.25, 0.3) is 5.91 Å². The predicted molar refractivity (Wildman–Crippen MR) is 69.6 cm³/mol. The number of benzene rings is 1. The van der Waals surface area contributed by atoms with E-state index in [4.69, 9.17) is 9.47 Å². The highest BCUT2D eigenvalue weighted by atomic mass is 19.4. The zero-order valence-electron chi connectivity index (χ0n) is 11.8. The molecule has 0 aromatic heterocycles. The molecule has 0 aliphatic rings. The van der Waals surface area contributed by atoms with Crippen molar-refractivity contribution in [3.8, 4) is 11.5 Å². The second-order valence-corrected chi connectivity index (χ2v) is 4.16. The van der Waals surface area contributed by atoms with Gasteiger partial charge in [0.05, 0.1) is 14.2 Å². The molecule has 0 aliphatic carbocycles. The molecule has 0 spiro atoms. The first-order chi connectivity index (χ1) is 9.75. The summed E-state index contributed by atoms with van der Waals surface area (Å²) in [6.07, 6.45) is -5.72. The molecule has 0 aliphatic heterocycles. The summed E-state index contributed by atoms with van der Waals surface area (Å²) in [5, 5.41) is 2.44. The van der Waals surface area contributed by atoms with Gasteiger partial charge in [0.15, 0.2) is 0 Å². The lowest BCUT2D eigenvalue weighted by Crippen LogP contribution is -2.31. The van der Waals surface area contributed by atoms with Crippen LogP contribution in [0.3, 0.4) is 0 Å². The minimum atomic E-state index is -4.48. The Kier molecular flexibility index (Phi) is 5.83. The third-order valence-electron chi connectivity index (χ3n) is 2.49. The summed E-state index contributed by atoms with van der Waals surface area (Å²) < 4.78 is 50.5. The Labute approximate surface area is 120 Å². The maximum absolute atomic E-state index is 12.0. The highest BCUT2D eigenvalue weighted by Gasteiger charge is 2.29. The van der Waals surface area contributed by atoms with Crippen molar-refractivity contribution in [1.82, 2.24) is 0 Å². The molecule has 0 bridgehead atoms. The number of alkyl halides is 3. The Morgan fingerprint density at radius 2 is 1.71 bits per heavy atom. The number of hydrogen-bond donors (Lipinski definition) is 1. The first kappa shape index (κ1) is 17.1. The molecule has 1 N–H and O–H groups in total. The van der Waals surface area contributed by atoms with E-state index in [0.29, 0.717) is 17.2 Å². The van der Waals surface area contributed by atoms with Crippen LogP contribution in [0.2, 0.25) is 0 Å². The minimum Gasteiger partial charge on any atom is -0.497 e. The van der Waals surface area contributed by atoms with Crippen LogP contribution in [0.4, 0.5) is 18.9 Å². The number of rotatable bonds is 6. The van der Waals surface area contributed by atoms with Crippen LogP contribution in [0.15, 0.2) is 18.2 Å². The van der Waals surface area contributed by atoms with Gasteiger partial charge in [-0.25, -0.2) is 0 Å². The Morgan fingerprint density at radius 3 is 2.14 bits per heavy atom. The van der Waals surface area contributed by atoms with E-state index in [-0.39, 0.29) is 0 Å². The van der Waals surface area contributed by atoms with E-state index in [0.717, 1.165) is 0 Å². The van der Waals surface area contributed by atoms with Crippen molar-refractivity contribution < 1.29 is 32.2 Å². The fraction of sp³-hybridized carbons (Fsp3) is 0.462. The molecule has 0 unspecified atom stereocenters. The summed E-state index contributed by atoms with van der Waals surface area (Å²) >= 11 is 0. The first-order valence-corrected chi connectivity index (χ1v) is 5.97. The molecular weight excluding hydrogens is 291 g/mol. The number of nitrogens with one attached hydrogen (secondary N) is 1. The number of amides is 1. The van der Waals surface area contributed by atoms with Crippen LogP contribution < -0.4 is 14.8 Å². The largest absolute Gasteiger partial charge is 0.497 e. The van der Waals surface area contributed by atoms with E-state index in [2.05, 4.69) is 10.1 Å². The van der Waals surface area contributed by atoms with Gasteiger partial charge in [-0.1, -0.05) is 0 Å². The van der Waals surface area contributed by atoms with Gasteiger partial charge in [0, 0.05) is 23.9 Å². The average molecular weight is 307 g/mol. The second-order valence-electron chi connectivity index (χ2n) is 4.16. The normalized spacial score (nSPS) is 12.7. The minimum absolute atomic E-state index is 0.332. The molecule has 1 aromatic carbocycles. The Bertz CT molecular complexity index is 469. The standard InChI is InChI=1S/C13H16F3NO4/c1-8(21-7-13(14,15)16)12(18)17-9-4-10(19-2)6-11(5-9)20-3/h4-6,8H,7H2,1-3H3,(H,17,18)/t8-/m1/s1. The molecule has 1 atom stereocenters. The first-order valence-electron chi connectivity index (χ1n) is 5.97. The van der Waals surface area contributed by atoms with Crippen LogP contribution in [0.1, 0.15) is 6.92 Å². The van der Waals surface area contributed by atoms with Crippen LogP contribution in [0.25, 0.3) is 0 Å². The monoisotopic (exact) mass is 307 g/mol. The van der Waals surface area contributed by atoms with Gasteiger partial charge in [-0.15, -0.1) is 0 Å². The summed E-state index contributed by atoms with van der Waals surface area (Å²) in [5.41, 5.74) is 0.332. The smallest absolute Gasteiger partial charge is 0.411 e. The summed E-state index contributed by atoms with van der Waals surface area (Å²) in [7, 11) is 2.88. The fourth-order valence-corrected chi connectivity index (χ4v) is 1.42. The Balaban J connectivity index is 2.69. The van der Waals surface area contributed by atoms with E-state index < -0.39 is 24.8 Å². The molecule has 118 valence electrons. The van der Waals surface area contributed by atoms with Crippen LogP contribution in [-0.4, -0.2) is 39.0 Å². The van der Waals surface area contributed by atoms with Crippen molar-refractivity contribution in [2.24, 2.45) is 0 Å². The van der Waals surface area contributed by atoms with Gasteiger partial charge in [-0.3, -0.25) is 4.79 Å². The van der Waals surface area contributed by atoms with E-state index in [1.807, 2.05) is 0 Å². The van der Waals surface area contributed by atoms with Crippen molar-refractivity contribution in [1.29, 1.82) is 0 Å². The molecule has 1 amide bonds. The molecule has 0 radical (unpaired) electrons. The number of halogens is 3. The van der Waals surface area contributed by atoms with E-state index in [1.54, 1.807) is 6.07 Å². The molecular formula is C13H16F3NO4. The lowest BCUT2D eigenvalue weighted by atomic mass is 10.2. The summed E-state index contributed by atoms with van der Waals surface area (Å²) in [5.74, 6) is 0.177. The molecule has 1 rings (SSSR count). The van der Waals surface area contributed by atoms with E-state index in [9.17, 15) is 18.0 Å². The molecule has 21 heavy (non-hydrogen) atoms. The quantitative estimate of drug-likeness (QED) is 0.877. The van der Waals surface area contributed by atoms with Crippen molar-refractivity contribution in [2.45, 2.75) is 19.2 Å². The van der Waals surface area contributed by atoms with Crippen molar-refractivity contribution in [2.75, 3.05) is 26.1 Å². The molecule has 0 fully saturated rings. The predicted octanol–water partition coefficient (Wildman–Crippen LogP) is 2.61. The zero-order valence-corrected chi connectivity index (χ0v) is 11.8. The van der Waals surface area contributed by atoms with Crippen molar-refractivity contribution in [3.63, 3.8) is 0 Å².